The van der Waals surface area contributed by atoms with E-state index in [-0.39, 0.29) is 30.7 Å². The first-order valence-corrected chi connectivity index (χ1v) is 8.34. The van der Waals surface area contributed by atoms with Gasteiger partial charge in [0.1, 0.15) is 0 Å². The molecule has 0 radical (unpaired) electrons. The van der Waals surface area contributed by atoms with Crippen LogP contribution < -0.4 is 5.32 Å². The van der Waals surface area contributed by atoms with E-state index in [1.54, 1.807) is 0 Å². The van der Waals surface area contributed by atoms with Crippen LogP contribution in [0.3, 0.4) is 0 Å². The Morgan fingerprint density at radius 3 is 2.52 bits per heavy atom. The molecule has 1 aromatic carbocycles. The molecule has 1 amide bonds. The Morgan fingerprint density at radius 1 is 1.20 bits per heavy atom. The predicted molar refractivity (Wildman–Crippen MR) is 90.9 cm³/mol. The van der Waals surface area contributed by atoms with Crippen LogP contribution in [0.4, 0.5) is 0 Å². The van der Waals surface area contributed by atoms with E-state index >= 15 is 0 Å². The maximum absolute atomic E-state index is 12.2. The van der Waals surface area contributed by atoms with Gasteiger partial charge in [-0.2, -0.15) is 4.98 Å². The lowest BCUT2D eigenvalue weighted by atomic mass is 10.0. The summed E-state index contributed by atoms with van der Waals surface area (Å²) in [4.78, 5) is 27.3. The van der Waals surface area contributed by atoms with Gasteiger partial charge in [0, 0.05) is 25.2 Å². The zero-order valence-electron chi connectivity index (χ0n) is 14.4. The molecule has 0 bridgehead atoms. The van der Waals surface area contributed by atoms with Gasteiger partial charge in [-0.1, -0.05) is 49.3 Å². The molecule has 7 nitrogen and oxygen atoms in total. The highest BCUT2D eigenvalue weighted by Crippen LogP contribution is 2.19. The quantitative estimate of drug-likeness (QED) is 0.724. The van der Waals surface area contributed by atoms with E-state index in [1.165, 1.54) is 0 Å². The van der Waals surface area contributed by atoms with E-state index < -0.39 is 5.97 Å². The third-order valence-corrected chi connectivity index (χ3v) is 3.75. The van der Waals surface area contributed by atoms with Crippen molar-refractivity contribution >= 4 is 11.9 Å². The van der Waals surface area contributed by atoms with Crippen molar-refractivity contribution in [2.45, 2.75) is 51.5 Å². The number of carboxylic acids is 1. The summed E-state index contributed by atoms with van der Waals surface area (Å²) in [6.07, 6.45) is 0.881. The summed E-state index contributed by atoms with van der Waals surface area (Å²) in [6.45, 7) is 3.93. The van der Waals surface area contributed by atoms with Crippen molar-refractivity contribution in [1.29, 1.82) is 0 Å². The van der Waals surface area contributed by atoms with Crippen LogP contribution in [0.25, 0.3) is 0 Å². The van der Waals surface area contributed by atoms with Gasteiger partial charge in [0.05, 0.1) is 6.04 Å². The number of aliphatic carboxylic acids is 1. The van der Waals surface area contributed by atoms with Crippen molar-refractivity contribution in [1.82, 2.24) is 15.5 Å². The van der Waals surface area contributed by atoms with E-state index in [1.807, 2.05) is 44.2 Å². The highest BCUT2D eigenvalue weighted by Gasteiger charge is 2.17. The van der Waals surface area contributed by atoms with Gasteiger partial charge in [0.25, 0.3) is 0 Å². The van der Waals surface area contributed by atoms with Crippen LogP contribution in [0, 0.1) is 0 Å². The first-order chi connectivity index (χ1) is 12.0. The Morgan fingerprint density at radius 2 is 1.92 bits per heavy atom. The number of aryl methyl sites for hydroxylation is 1. The first-order valence-electron chi connectivity index (χ1n) is 8.34. The van der Waals surface area contributed by atoms with Gasteiger partial charge in [0.15, 0.2) is 5.82 Å². The molecule has 1 aromatic heterocycles. The molecule has 2 N–H and O–H groups in total. The third kappa shape index (κ3) is 6.02. The molecule has 0 saturated heterocycles. The second kappa shape index (κ2) is 8.96. The summed E-state index contributed by atoms with van der Waals surface area (Å²) in [5.74, 6) is 0.162. The lowest BCUT2D eigenvalue weighted by Crippen LogP contribution is -2.29. The van der Waals surface area contributed by atoms with Crippen LogP contribution in [-0.4, -0.2) is 27.1 Å². The number of nitrogens with zero attached hydrogens (tertiary/aromatic N) is 2. The lowest BCUT2D eigenvalue weighted by molar-refractivity contribution is -0.137. The number of hydrogen-bond acceptors (Lipinski definition) is 5. The molecule has 25 heavy (non-hydrogen) atoms. The van der Waals surface area contributed by atoms with Crippen molar-refractivity contribution in [3.05, 3.63) is 47.6 Å². The minimum Gasteiger partial charge on any atom is -0.481 e. The molecule has 0 fully saturated rings. The summed E-state index contributed by atoms with van der Waals surface area (Å²) in [6, 6.07) is 9.02. The van der Waals surface area contributed by atoms with Crippen molar-refractivity contribution in [2.75, 3.05) is 0 Å². The fourth-order valence-electron chi connectivity index (χ4n) is 2.37. The zero-order chi connectivity index (χ0) is 18.2. The molecule has 1 heterocycles. The second-order valence-corrected chi connectivity index (χ2v) is 6.16. The maximum atomic E-state index is 12.2. The highest BCUT2D eigenvalue weighted by atomic mass is 16.5. The number of amides is 1. The molecule has 1 unspecified atom stereocenters. The van der Waals surface area contributed by atoms with E-state index in [4.69, 9.17) is 9.63 Å². The summed E-state index contributed by atoms with van der Waals surface area (Å²) in [5.41, 5.74) is 0.886. The number of nitrogens with one attached hydrogen (secondary N) is 1. The maximum Gasteiger partial charge on any atom is 0.303 e. The van der Waals surface area contributed by atoms with Crippen LogP contribution in [0.15, 0.2) is 34.9 Å². The highest BCUT2D eigenvalue weighted by molar-refractivity contribution is 5.76. The van der Waals surface area contributed by atoms with E-state index in [0.29, 0.717) is 24.6 Å². The normalized spacial score (nSPS) is 12.1. The standard InChI is InChI=1S/C18H23N3O4/c1-12(2)18-20-16(25-21-18)10-9-15(22)19-14(8-11-17(23)24)13-6-4-3-5-7-13/h3-7,12,14H,8-11H2,1-2H3,(H,19,22)(H,23,24). The van der Waals surface area contributed by atoms with Gasteiger partial charge >= 0.3 is 5.97 Å². The molecule has 0 aliphatic heterocycles. The number of rotatable bonds is 9. The van der Waals surface area contributed by atoms with Crippen molar-refractivity contribution in [3.8, 4) is 0 Å². The Hall–Kier alpha value is -2.70. The summed E-state index contributed by atoms with van der Waals surface area (Å²) >= 11 is 0. The van der Waals surface area contributed by atoms with Gasteiger partial charge in [-0.25, -0.2) is 0 Å². The molecule has 0 saturated carbocycles. The Balaban J connectivity index is 1.92. The Kier molecular flexibility index (Phi) is 6.68. The summed E-state index contributed by atoms with van der Waals surface area (Å²) < 4.78 is 5.13. The van der Waals surface area contributed by atoms with E-state index in [2.05, 4.69) is 15.5 Å². The molecule has 134 valence electrons. The van der Waals surface area contributed by atoms with Gasteiger partial charge < -0.3 is 14.9 Å². The van der Waals surface area contributed by atoms with Gasteiger partial charge in [-0.05, 0) is 12.0 Å². The molecular weight excluding hydrogens is 322 g/mol. The van der Waals surface area contributed by atoms with E-state index in [0.717, 1.165) is 5.56 Å². The minimum absolute atomic E-state index is 0.0126. The average molecular weight is 345 g/mol. The fourth-order valence-corrected chi connectivity index (χ4v) is 2.37. The SMILES string of the molecule is CC(C)c1noc(CCC(=O)NC(CCC(=O)O)c2ccccc2)n1. The Labute approximate surface area is 146 Å². The lowest BCUT2D eigenvalue weighted by Gasteiger charge is -2.18. The van der Waals surface area contributed by atoms with Crippen molar-refractivity contribution in [2.24, 2.45) is 0 Å². The molecule has 7 heteroatoms. The third-order valence-electron chi connectivity index (χ3n) is 3.75. The van der Waals surface area contributed by atoms with Gasteiger partial charge in [0.2, 0.25) is 11.8 Å². The van der Waals surface area contributed by atoms with Crippen LogP contribution in [-0.2, 0) is 16.0 Å². The minimum atomic E-state index is -0.887. The molecule has 2 aromatic rings. The van der Waals surface area contributed by atoms with Crippen LogP contribution >= 0.6 is 0 Å². The Bertz CT molecular complexity index is 697. The number of carboxylic acid groups (broad SMARTS) is 1. The number of carbonyl (C=O) groups excluding carboxylic acids is 1. The molecule has 0 aliphatic carbocycles. The number of carbonyl (C=O) groups is 2. The first kappa shape index (κ1) is 18.6. The summed E-state index contributed by atoms with van der Waals surface area (Å²) in [5, 5.41) is 15.7. The predicted octanol–water partition coefficient (Wildman–Crippen LogP) is 2.85. The van der Waals surface area contributed by atoms with Crippen LogP contribution in [0.1, 0.15) is 62.3 Å². The largest absolute Gasteiger partial charge is 0.481 e. The number of hydrogen-bond donors (Lipinski definition) is 2. The zero-order valence-corrected chi connectivity index (χ0v) is 14.4. The molecule has 0 aliphatic rings. The van der Waals surface area contributed by atoms with Gasteiger partial charge in [-0.3, -0.25) is 9.59 Å². The van der Waals surface area contributed by atoms with Crippen molar-refractivity contribution < 1.29 is 19.2 Å². The molecule has 0 spiro atoms. The number of aromatic nitrogens is 2. The van der Waals surface area contributed by atoms with Gasteiger partial charge in [-0.15, -0.1) is 0 Å². The smallest absolute Gasteiger partial charge is 0.303 e. The van der Waals surface area contributed by atoms with E-state index in [9.17, 15) is 9.59 Å². The molecule has 2 rings (SSSR count). The number of benzene rings is 1. The fraction of sp³-hybridized carbons (Fsp3) is 0.444. The average Bonchev–Trinajstić information content (AvgIpc) is 3.07. The topological polar surface area (TPSA) is 105 Å². The summed E-state index contributed by atoms with van der Waals surface area (Å²) in [7, 11) is 0. The van der Waals surface area contributed by atoms with Crippen LogP contribution in [0.2, 0.25) is 0 Å². The second-order valence-electron chi connectivity index (χ2n) is 6.16. The monoisotopic (exact) mass is 345 g/mol. The van der Waals surface area contributed by atoms with Crippen molar-refractivity contribution in [3.63, 3.8) is 0 Å². The molecule has 1 atom stereocenters. The molecular formula is C18H23N3O4. The van der Waals surface area contributed by atoms with Crippen LogP contribution in [0.5, 0.6) is 0 Å².